The monoisotopic (exact) mass is 293 g/mol. The summed E-state index contributed by atoms with van der Waals surface area (Å²) in [6.45, 7) is 6.56. The molecule has 4 heteroatoms. The fourth-order valence-electron chi connectivity index (χ4n) is 1.90. The van der Waals surface area contributed by atoms with Crippen LogP contribution in [0.15, 0.2) is 24.3 Å². The molecule has 0 saturated heterocycles. The SMILES string of the molecule is COc1ccc(-c2nc(C(C)(C)C)c(CS)s2)cc1. The third kappa shape index (κ3) is 3.12. The molecule has 0 amide bonds. The van der Waals surface area contributed by atoms with Crippen LogP contribution in [0.5, 0.6) is 5.75 Å². The highest BCUT2D eigenvalue weighted by Crippen LogP contribution is 2.35. The van der Waals surface area contributed by atoms with Gasteiger partial charge in [0.2, 0.25) is 0 Å². The van der Waals surface area contributed by atoms with Gasteiger partial charge in [0.15, 0.2) is 0 Å². The first kappa shape index (κ1) is 14.4. The van der Waals surface area contributed by atoms with Crippen LogP contribution in [0.3, 0.4) is 0 Å². The van der Waals surface area contributed by atoms with Gasteiger partial charge in [-0.1, -0.05) is 20.8 Å². The van der Waals surface area contributed by atoms with Crippen molar-refractivity contribution >= 4 is 24.0 Å². The van der Waals surface area contributed by atoms with Crippen molar-refractivity contribution in [2.24, 2.45) is 0 Å². The molecule has 0 aliphatic heterocycles. The largest absolute Gasteiger partial charge is 0.497 e. The zero-order chi connectivity index (χ0) is 14.0. The van der Waals surface area contributed by atoms with Gasteiger partial charge >= 0.3 is 0 Å². The molecular formula is C15H19NOS2. The van der Waals surface area contributed by atoms with Crippen molar-refractivity contribution in [2.75, 3.05) is 7.11 Å². The van der Waals surface area contributed by atoms with E-state index in [1.165, 1.54) is 4.88 Å². The fraction of sp³-hybridized carbons (Fsp3) is 0.400. The molecule has 0 N–H and O–H groups in total. The summed E-state index contributed by atoms with van der Waals surface area (Å²) in [7, 11) is 1.68. The summed E-state index contributed by atoms with van der Waals surface area (Å²) >= 11 is 6.14. The standard InChI is InChI=1S/C15H19NOS2/c1-15(2,3)13-12(9-18)19-14(16-13)10-5-7-11(17-4)8-6-10/h5-8,18H,9H2,1-4H3. The Balaban J connectivity index is 2.42. The lowest BCUT2D eigenvalue weighted by Gasteiger charge is -2.16. The summed E-state index contributed by atoms with van der Waals surface area (Å²) < 4.78 is 5.18. The Morgan fingerprint density at radius 1 is 1.21 bits per heavy atom. The van der Waals surface area contributed by atoms with Gasteiger partial charge in [0.25, 0.3) is 0 Å². The molecule has 0 fully saturated rings. The van der Waals surface area contributed by atoms with Gasteiger partial charge in [0, 0.05) is 21.6 Å². The summed E-state index contributed by atoms with van der Waals surface area (Å²) in [5.41, 5.74) is 2.34. The molecule has 0 unspecified atom stereocenters. The van der Waals surface area contributed by atoms with Crippen molar-refractivity contribution in [2.45, 2.75) is 31.9 Å². The summed E-state index contributed by atoms with van der Waals surface area (Å²) in [5.74, 6) is 1.60. The molecule has 0 atom stereocenters. The number of benzene rings is 1. The number of ether oxygens (including phenoxy) is 1. The van der Waals surface area contributed by atoms with Crippen LogP contribution in [0.25, 0.3) is 10.6 Å². The third-order valence-corrected chi connectivity index (χ3v) is 4.52. The molecule has 0 aliphatic carbocycles. The Labute approximate surface area is 124 Å². The lowest BCUT2D eigenvalue weighted by atomic mass is 9.91. The molecule has 0 saturated carbocycles. The second-order valence-electron chi connectivity index (χ2n) is 5.43. The van der Waals surface area contributed by atoms with Gasteiger partial charge in [-0.25, -0.2) is 4.98 Å². The first-order valence-electron chi connectivity index (χ1n) is 6.21. The van der Waals surface area contributed by atoms with E-state index in [1.54, 1.807) is 18.4 Å². The topological polar surface area (TPSA) is 22.1 Å². The van der Waals surface area contributed by atoms with Crippen molar-refractivity contribution in [3.63, 3.8) is 0 Å². The maximum absolute atomic E-state index is 5.18. The second-order valence-corrected chi connectivity index (χ2v) is 6.83. The summed E-state index contributed by atoms with van der Waals surface area (Å²) in [6, 6.07) is 8.03. The zero-order valence-electron chi connectivity index (χ0n) is 11.7. The Morgan fingerprint density at radius 2 is 1.84 bits per heavy atom. The van der Waals surface area contributed by atoms with Crippen LogP contribution >= 0.6 is 24.0 Å². The number of rotatable bonds is 3. The van der Waals surface area contributed by atoms with Crippen molar-refractivity contribution in [3.8, 4) is 16.3 Å². The molecule has 1 aromatic carbocycles. The van der Waals surface area contributed by atoms with Crippen molar-refractivity contribution in [1.82, 2.24) is 4.98 Å². The van der Waals surface area contributed by atoms with E-state index in [0.717, 1.165) is 27.8 Å². The molecule has 19 heavy (non-hydrogen) atoms. The highest BCUT2D eigenvalue weighted by molar-refractivity contribution is 7.79. The normalized spacial score (nSPS) is 11.6. The first-order valence-corrected chi connectivity index (χ1v) is 7.66. The molecule has 2 aromatic rings. The molecular weight excluding hydrogens is 274 g/mol. The summed E-state index contributed by atoms with van der Waals surface area (Å²) in [5, 5.41) is 1.05. The molecule has 2 rings (SSSR count). The molecule has 0 bridgehead atoms. The van der Waals surface area contributed by atoms with Gasteiger partial charge in [-0.3, -0.25) is 0 Å². The minimum Gasteiger partial charge on any atom is -0.497 e. The van der Waals surface area contributed by atoms with Gasteiger partial charge in [-0.05, 0) is 24.3 Å². The zero-order valence-corrected chi connectivity index (χ0v) is 13.4. The van der Waals surface area contributed by atoms with E-state index in [1.807, 2.05) is 24.3 Å². The van der Waals surface area contributed by atoms with Crippen LogP contribution in [0.1, 0.15) is 31.3 Å². The lowest BCUT2D eigenvalue weighted by Crippen LogP contribution is -2.13. The van der Waals surface area contributed by atoms with Crippen LogP contribution in [-0.2, 0) is 11.2 Å². The maximum Gasteiger partial charge on any atom is 0.123 e. The average molecular weight is 293 g/mol. The lowest BCUT2D eigenvalue weighted by molar-refractivity contribution is 0.415. The molecule has 0 radical (unpaired) electrons. The number of methoxy groups -OCH3 is 1. The smallest absolute Gasteiger partial charge is 0.123 e. The number of hydrogen-bond acceptors (Lipinski definition) is 4. The maximum atomic E-state index is 5.18. The van der Waals surface area contributed by atoms with E-state index in [2.05, 4.69) is 33.4 Å². The van der Waals surface area contributed by atoms with E-state index in [-0.39, 0.29) is 5.41 Å². The predicted molar refractivity (Wildman–Crippen MR) is 85.5 cm³/mol. The highest BCUT2D eigenvalue weighted by atomic mass is 32.1. The van der Waals surface area contributed by atoms with Crippen LogP contribution in [0.4, 0.5) is 0 Å². The van der Waals surface area contributed by atoms with Crippen LogP contribution < -0.4 is 4.74 Å². The minimum absolute atomic E-state index is 0.0548. The molecule has 0 aliphatic rings. The van der Waals surface area contributed by atoms with Crippen LogP contribution in [0, 0.1) is 0 Å². The fourth-order valence-corrected chi connectivity index (χ4v) is 3.38. The number of thiazole rings is 1. The number of aromatic nitrogens is 1. The van der Waals surface area contributed by atoms with E-state index < -0.39 is 0 Å². The highest BCUT2D eigenvalue weighted by Gasteiger charge is 2.22. The molecule has 0 spiro atoms. The summed E-state index contributed by atoms with van der Waals surface area (Å²) in [4.78, 5) is 6.06. The first-order chi connectivity index (χ1) is 8.95. The predicted octanol–water partition coefficient (Wildman–Crippen LogP) is 4.55. The van der Waals surface area contributed by atoms with Gasteiger partial charge < -0.3 is 4.74 Å². The van der Waals surface area contributed by atoms with Crippen LogP contribution in [0.2, 0.25) is 0 Å². The Hall–Kier alpha value is -1.00. The number of hydrogen-bond donors (Lipinski definition) is 1. The molecule has 102 valence electrons. The van der Waals surface area contributed by atoms with Gasteiger partial charge in [0.1, 0.15) is 10.8 Å². The molecule has 2 nitrogen and oxygen atoms in total. The Kier molecular flexibility index (Phi) is 4.21. The molecule has 1 heterocycles. The van der Waals surface area contributed by atoms with Gasteiger partial charge in [0.05, 0.1) is 12.8 Å². The Morgan fingerprint density at radius 3 is 2.26 bits per heavy atom. The van der Waals surface area contributed by atoms with Gasteiger partial charge in [-0.15, -0.1) is 11.3 Å². The van der Waals surface area contributed by atoms with E-state index in [4.69, 9.17) is 9.72 Å². The number of nitrogens with zero attached hydrogens (tertiary/aromatic N) is 1. The Bertz CT molecular complexity index is 553. The van der Waals surface area contributed by atoms with Crippen molar-refractivity contribution in [3.05, 3.63) is 34.8 Å². The van der Waals surface area contributed by atoms with E-state index in [0.29, 0.717) is 0 Å². The second kappa shape index (κ2) is 5.55. The number of thiol groups is 1. The molecule has 1 aromatic heterocycles. The van der Waals surface area contributed by atoms with Gasteiger partial charge in [-0.2, -0.15) is 12.6 Å². The van der Waals surface area contributed by atoms with Crippen LogP contribution in [-0.4, -0.2) is 12.1 Å². The third-order valence-electron chi connectivity index (χ3n) is 2.89. The summed E-state index contributed by atoms with van der Waals surface area (Å²) in [6.07, 6.45) is 0. The average Bonchev–Trinajstić information content (AvgIpc) is 2.83. The quantitative estimate of drug-likeness (QED) is 0.839. The minimum atomic E-state index is 0.0548. The van der Waals surface area contributed by atoms with E-state index in [9.17, 15) is 0 Å². The van der Waals surface area contributed by atoms with Crippen molar-refractivity contribution in [1.29, 1.82) is 0 Å². The van der Waals surface area contributed by atoms with Crippen molar-refractivity contribution < 1.29 is 4.74 Å². The van der Waals surface area contributed by atoms with E-state index >= 15 is 0 Å².